The maximum absolute atomic E-state index is 13.1. The number of alkyl halides is 3. The number of halogens is 3. The molecule has 0 spiro atoms. The summed E-state index contributed by atoms with van der Waals surface area (Å²) in [6.07, 6.45) is 1.73. The van der Waals surface area contributed by atoms with Gasteiger partial charge in [0.25, 0.3) is 5.56 Å². The van der Waals surface area contributed by atoms with Gasteiger partial charge in [0.2, 0.25) is 5.91 Å². The van der Waals surface area contributed by atoms with Crippen LogP contribution in [0.3, 0.4) is 0 Å². The fourth-order valence-electron chi connectivity index (χ4n) is 4.29. The molecule has 1 aliphatic heterocycles. The van der Waals surface area contributed by atoms with Crippen LogP contribution in [0.2, 0.25) is 0 Å². The largest absolute Gasteiger partial charge is 0.417 e. The Hall–Kier alpha value is -3.64. The number of anilines is 2. The molecular formula is C22H26F3N7O3. The molecule has 2 fully saturated rings. The van der Waals surface area contributed by atoms with E-state index in [-0.39, 0.29) is 6.04 Å². The first kappa shape index (κ1) is 24.5. The van der Waals surface area contributed by atoms with Crippen molar-refractivity contribution in [3.8, 4) is 0 Å². The lowest BCUT2D eigenvalue weighted by atomic mass is 10.0. The third kappa shape index (κ3) is 4.80. The molecule has 10 nitrogen and oxygen atoms in total. The third-order valence-corrected chi connectivity index (χ3v) is 6.76. The maximum atomic E-state index is 13.1. The first-order valence-corrected chi connectivity index (χ1v) is 11.1. The van der Waals surface area contributed by atoms with E-state index in [0.717, 1.165) is 4.57 Å². The summed E-state index contributed by atoms with van der Waals surface area (Å²) in [6.45, 7) is 1.14. The normalized spacial score (nSPS) is 17.7. The molecule has 4 rings (SSSR count). The molecule has 0 atom stereocenters. The first-order valence-electron chi connectivity index (χ1n) is 11.1. The van der Waals surface area contributed by atoms with Crippen molar-refractivity contribution in [3.63, 3.8) is 0 Å². The molecule has 0 aromatic carbocycles. The Balaban J connectivity index is 1.37. The Bertz CT molecular complexity index is 1180. The number of nitrogens with two attached hydrogens (primary N) is 1. The Morgan fingerprint density at radius 1 is 1.20 bits per heavy atom. The quantitative estimate of drug-likeness (QED) is 0.655. The minimum atomic E-state index is -4.65. The molecule has 1 aliphatic carbocycles. The molecule has 1 saturated carbocycles. The minimum absolute atomic E-state index is 0.183. The Labute approximate surface area is 198 Å². The number of urea groups is 1. The summed E-state index contributed by atoms with van der Waals surface area (Å²) in [4.78, 5) is 48.8. The summed E-state index contributed by atoms with van der Waals surface area (Å²) in [6, 6.07) is -0.203. The molecule has 2 aromatic heterocycles. The highest BCUT2D eigenvalue weighted by molar-refractivity contribution is 5.89. The van der Waals surface area contributed by atoms with E-state index in [4.69, 9.17) is 5.73 Å². The maximum Gasteiger partial charge on any atom is 0.417 e. The van der Waals surface area contributed by atoms with Crippen LogP contribution in [0.25, 0.3) is 0 Å². The van der Waals surface area contributed by atoms with Crippen molar-refractivity contribution in [2.24, 2.45) is 12.8 Å². The van der Waals surface area contributed by atoms with Crippen molar-refractivity contribution in [3.05, 3.63) is 46.3 Å². The van der Waals surface area contributed by atoms with Crippen LogP contribution >= 0.6 is 0 Å². The smallest absolute Gasteiger partial charge is 0.369 e. The molecule has 3 N–H and O–H groups in total. The summed E-state index contributed by atoms with van der Waals surface area (Å²) >= 11 is 0. The summed E-state index contributed by atoms with van der Waals surface area (Å²) in [5, 5.41) is 2.32. The standard InChI is InChI=1S/C22H26F3N7O3/c1-30-12-13(22(23,24)25)9-15(18(30)33)29-20(35)31(2)14-3-7-32(8-4-14)17-11-27-16(10-28-17)21(5-6-21)19(26)34/h9-12,14H,3-8H2,1-2H3,(H2,26,34)(H,29,35). The van der Waals surface area contributed by atoms with Crippen LogP contribution < -0.4 is 21.5 Å². The highest BCUT2D eigenvalue weighted by Gasteiger charge is 2.51. The highest BCUT2D eigenvalue weighted by atomic mass is 19.4. The number of aryl methyl sites for hydroxylation is 1. The number of rotatable bonds is 5. The number of aromatic nitrogens is 3. The van der Waals surface area contributed by atoms with E-state index in [1.54, 1.807) is 19.4 Å². The topological polar surface area (TPSA) is 126 Å². The zero-order chi connectivity index (χ0) is 25.5. The van der Waals surface area contributed by atoms with E-state index in [2.05, 4.69) is 15.3 Å². The average Bonchev–Trinajstić information content (AvgIpc) is 3.63. The second kappa shape index (κ2) is 8.86. The molecule has 3 amide bonds. The lowest BCUT2D eigenvalue weighted by Crippen LogP contribution is -2.47. The van der Waals surface area contributed by atoms with Crippen molar-refractivity contribution in [1.29, 1.82) is 0 Å². The zero-order valence-electron chi connectivity index (χ0n) is 19.3. The van der Waals surface area contributed by atoms with Crippen molar-refractivity contribution in [1.82, 2.24) is 19.4 Å². The van der Waals surface area contributed by atoms with Gasteiger partial charge in [-0.2, -0.15) is 13.2 Å². The summed E-state index contributed by atoms with van der Waals surface area (Å²) < 4.78 is 40.1. The van der Waals surface area contributed by atoms with Gasteiger partial charge in [-0.15, -0.1) is 0 Å². The van der Waals surface area contributed by atoms with Crippen molar-refractivity contribution in [2.45, 2.75) is 43.3 Å². The molecule has 3 heterocycles. The zero-order valence-corrected chi connectivity index (χ0v) is 19.3. The predicted octanol–water partition coefficient (Wildman–Crippen LogP) is 1.84. The van der Waals surface area contributed by atoms with Crippen LogP contribution in [0, 0.1) is 0 Å². The van der Waals surface area contributed by atoms with Gasteiger partial charge >= 0.3 is 12.2 Å². The monoisotopic (exact) mass is 493 g/mol. The second-order valence-electron chi connectivity index (χ2n) is 9.02. The van der Waals surface area contributed by atoms with Gasteiger partial charge in [0.15, 0.2) is 0 Å². The Kier molecular flexibility index (Phi) is 6.20. The van der Waals surface area contributed by atoms with E-state index < -0.39 is 40.3 Å². The number of hydrogen-bond donors (Lipinski definition) is 2. The SMILES string of the molecule is CN(C(=O)Nc1cc(C(F)(F)F)cn(C)c1=O)C1CCN(c2cnc(C3(C(N)=O)CC3)cn2)CC1. The van der Waals surface area contributed by atoms with E-state index in [9.17, 15) is 27.6 Å². The predicted molar refractivity (Wildman–Crippen MR) is 121 cm³/mol. The molecular weight excluding hydrogens is 467 g/mol. The van der Waals surface area contributed by atoms with Gasteiger partial charge in [-0.25, -0.2) is 9.78 Å². The molecule has 2 aliphatic rings. The fourth-order valence-corrected chi connectivity index (χ4v) is 4.29. The van der Waals surface area contributed by atoms with E-state index >= 15 is 0 Å². The number of carbonyl (C=O) groups excluding carboxylic acids is 2. The van der Waals surface area contributed by atoms with Gasteiger partial charge in [0, 0.05) is 39.4 Å². The van der Waals surface area contributed by atoms with Crippen LogP contribution in [-0.2, 0) is 23.4 Å². The van der Waals surface area contributed by atoms with E-state index in [1.165, 1.54) is 11.9 Å². The number of carbonyl (C=O) groups is 2. The number of primary amides is 1. The van der Waals surface area contributed by atoms with Crippen molar-refractivity contribution >= 4 is 23.4 Å². The third-order valence-electron chi connectivity index (χ3n) is 6.76. The van der Waals surface area contributed by atoms with Crippen molar-refractivity contribution < 1.29 is 22.8 Å². The van der Waals surface area contributed by atoms with Crippen LogP contribution in [0.4, 0.5) is 29.5 Å². The van der Waals surface area contributed by atoms with Crippen molar-refractivity contribution in [2.75, 3.05) is 30.4 Å². The average molecular weight is 493 g/mol. The van der Waals surface area contributed by atoms with Gasteiger partial charge < -0.3 is 25.4 Å². The second-order valence-corrected chi connectivity index (χ2v) is 9.02. The summed E-state index contributed by atoms with van der Waals surface area (Å²) in [5.41, 5.74) is 3.16. The molecule has 13 heteroatoms. The number of nitrogens with zero attached hydrogens (tertiary/aromatic N) is 5. The number of nitrogens with one attached hydrogen (secondary N) is 1. The fraction of sp³-hybridized carbons (Fsp3) is 0.500. The first-order chi connectivity index (χ1) is 16.4. The minimum Gasteiger partial charge on any atom is -0.369 e. The molecule has 35 heavy (non-hydrogen) atoms. The van der Waals surface area contributed by atoms with E-state index in [0.29, 0.717) is 62.5 Å². The van der Waals surface area contributed by atoms with Gasteiger partial charge in [0.1, 0.15) is 11.5 Å². The summed E-state index contributed by atoms with van der Waals surface area (Å²) in [7, 11) is 2.74. The lowest BCUT2D eigenvalue weighted by molar-refractivity contribution is -0.138. The molecule has 1 saturated heterocycles. The van der Waals surface area contributed by atoms with Crippen LogP contribution in [0.15, 0.2) is 29.5 Å². The summed E-state index contributed by atoms with van der Waals surface area (Å²) in [5.74, 6) is 0.247. The number of amides is 3. The van der Waals surface area contributed by atoms with E-state index in [1.807, 2.05) is 4.90 Å². The van der Waals surface area contributed by atoms with Gasteiger partial charge in [0.05, 0.1) is 29.1 Å². The Morgan fingerprint density at radius 3 is 2.37 bits per heavy atom. The molecule has 0 bridgehead atoms. The number of pyridine rings is 1. The number of piperidine rings is 1. The molecule has 2 aromatic rings. The molecule has 0 radical (unpaired) electrons. The molecule has 0 unspecified atom stereocenters. The van der Waals surface area contributed by atoms with Crippen LogP contribution in [-0.4, -0.2) is 57.6 Å². The molecule has 188 valence electrons. The highest BCUT2D eigenvalue weighted by Crippen LogP contribution is 2.46. The number of hydrogen-bond acceptors (Lipinski definition) is 6. The van der Waals surface area contributed by atoms with Gasteiger partial charge in [-0.3, -0.25) is 14.6 Å². The lowest BCUT2D eigenvalue weighted by Gasteiger charge is -2.37. The Morgan fingerprint density at radius 2 is 1.86 bits per heavy atom. The van der Waals surface area contributed by atoms with Gasteiger partial charge in [-0.05, 0) is 31.7 Å². The van der Waals surface area contributed by atoms with Crippen LogP contribution in [0.1, 0.15) is 36.9 Å². The van der Waals surface area contributed by atoms with Gasteiger partial charge in [-0.1, -0.05) is 0 Å². The van der Waals surface area contributed by atoms with Crippen LogP contribution in [0.5, 0.6) is 0 Å².